The minimum absolute atomic E-state index is 0.0606. The number of nitrogens with zero attached hydrogens (tertiary/aromatic N) is 4. The van der Waals surface area contributed by atoms with Gasteiger partial charge in [-0.3, -0.25) is 4.79 Å². The Labute approximate surface area is 124 Å². The minimum Gasteiger partial charge on any atom is -0.467 e. The van der Waals surface area contributed by atoms with Crippen LogP contribution in [0.5, 0.6) is 0 Å². The van der Waals surface area contributed by atoms with Crippen molar-refractivity contribution in [2.24, 2.45) is 0 Å². The Kier molecular flexibility index (Phi) is 3.90. The Bertz CT molecular complexity index is 752. The fourth-order valence-electron chi connectivity index (χ4n) is 1.81. The van der Waals surface area contributed by atoms with Crippen LogP contribution in [0.15, 0.2) is 47.1 Å². The van der Waals surface area contributed by atoms with Crippen molar-refractivity contribution >= 4 is 5.91 Å². The molecule has 8 heteroatoms. The predicted molar refractivity (Wildman–Crippen MR) is 73.8 cm³/mol. The molecule has 0 fully saturated rings. The fourth-order valence-corrected chi connectivity index (χ4v) is 1.81. The highest BCUT2D eigenvalue weighted by molar-refractivity contribution is 5.75. The molecule has 0 aliphatic rings. The van der Waals surface area contributed by atoms with Gasteiger partial charge >= 0.3 is 0 Å². The van der Waals surface area contributed by atoms with Gasteiger partial charge in [0, 0.05) is 5.56 Å². The number of carbonyl (C=O) groups is 1. The molecule has 0 bridgehead atoms. The molecule has 0 aliphatic heterocycles. The van der Waals surface area contributed by atoms with E-state index in [0.717, 1.165) is 0 Å². The van der Waals surface area contributed by atoms with E-state index >= 15 is 0 Å². The van der Waals surface area contributed by atoms with Gasteiger partial charge in [-0.25, -0.2) is 4.39 Å². The van der Waals surface area contributed by atoms with Crippen LogP contribution in [-0.4, -0.2) is 26.1 Å². The van der Waals surface area contributed by atoms with Crippen LogP contribution in [-0.2, 0) is 17.9 Å². The number of hydrogen-bond donors (Lipinski definition) is 1. The molecule has 22 heavy (non-hydrogen) atoms. The number of amides is 1. The van der Waals surface area contributed by atoms with Crippen LogP contribution in [0, 0.1) is 5.82 Å². The van der Waals surface area contributed by atoms with Crippen LogP contribution in [0.3, 0.4) is 0 Å². The summed E-state index contributed by atoms with van der Waals surface area (Å²) in [5, 5.41) is 14.4. The first kappa shape index (κ1) is 13.9. The first-order valence-electron chi connectivity index (χ1n) is 6.53. The average Bonchev–Trinajstić information content (AvgIpc) is 3.17. The normalized spacial score (nSPS) is 10.6. The van der Waals surface area contributed by atoms with Crippen molar-refractivity contribution in [3.05, 3.63) is 54.2 Å². The van der Waals surface area contributed by atoms with Gasteiger partial charge in [0.1, 0.15) is 18.1 Å². The lowest BCUT2D eigenvalue weighted by atomic mass is 10.2. The van der Waals surface area contributed by atoms with Gasteiger partial charge in [-0.1, -0.05) is 0 Å². The Morgan fingerprint density at radius 3 is 2.82 bits per heavy atom. The maximum absolute atomic E-state index is 12.9. The van der Waals surface area contributed by atoms with E-state index in [2.05, 4.69) is 20.7 Å². The van der Waals surface area contributed by atoms with E-state index in [4.69, 9.17) is 4.42 Å². The zero-order valence-corrected chi connectivity index (χ0v) is 11.4. The number of benzene rings is 1. The number of halogens is 1. The highest BCUT2D eigenvalue weighted by Crippen LogP contribution is 2.13. The van der Waals surface area contributed by atoms with Crippen LogP contribution < -0.4 is 5.32 Å². The fraction of sp³-hybridized carbons (Fsp3) is 0.143. The van der Waals surface area contributed by atoms with Crippen molar-refractivity contribution in [3.63, 3.8) is 0 Å². The van der Waals surface area contributed by atoms with Crippen molar-refractivity contribution in [2.75, 3.05) is 0 Å². The second-order valence-corrected chi connectivity index (χ2v) is 4.51. The molecule has 0 saturated heterocycles. The van der Waals surface area contributed by atoms with Crippen LogP contribution >= 0.6 is 0 Å². The van der Waals surface area contributed by atoms with Gasteiger partial charge in [-0.2, -0.15) is 4.80 Å². The summed E-state index contributed by atoms with van der Waals surface area (Å²) in [7, 11) is 0. The lowest BCUT2D eigenvalue weighted by molar-refractivity contribution is -0.122. The number of aromatic nitrogens is 4. The van der Waals surface area contributed by atoms with E-state index in [1.807, 2.05) is 0 Å². The van der Waals surface area contributed by atoms with Crippen LogP contribution in [0.2, 0.25) is 0 Å². The van der Waals surface area contributed by atoms with Gasteiger partial charge < -0.3 is 9.73 Å². The monoisotopic (exact) mass is 301 g/mol. The summed E-state index contributed by atoms with van der Waals surface area (Å²) >= 11 is 0. The Morgan fingerprint density at radius 1 is 1.27 bits per heavy atom. The molecule has 0 saturated carbocycles. The standard InChI is InChI=1S/C14H12FN5O2/c15-11-5-3-10(4-6-11)14-17-19-20(18-14)9-13(21)16-8-12-2-1-7-22-12/h1-7H,8-9H2,(H,16,21). The van der Waals surface area contributed by atoms with Gasteiger partial charge in [0.15, 0.2) is 0 Å². The number of carbonyl (C=O) groups excluding carboxylic acids is 1. The van der Waals surface area contributed by atoms with Gasteiger partial charge in [-0.05, 0) is 41.6 Å². The van der Waals surface area contributed by atoms with E-state index in [1.54, 1.807) is 24.3 Å². The lowest BCUT2D eigenvalue weighted by Crippen LogP contribution is -2.27. The molecular formula is C14H12FN5O2. The highest BCUT2D eigenvalue weighted by atomic mass is 19.1. The Hall–Kier alpha value is -3.03. The van der Waals surface area contributed by atoms with Crippen molar-refractivity contribution in [3.8, 4) is 11.4 Å². The first-order valence-corrected chi connectivity index (χ1v) is 6.53. The molecule has 3 rings (SSSR count). The van der Waals surface area contributed by atoms with Crippen LogP contribution in [0.25, 0.3) is 11.4 Å². The summed E-state index contributed by atoms with van der Waals surface area (Å²) in [5.74, 6) is 0.388. The molecule has 0 spiro atoms. The summed E-state index contributed by atoms with van der Waals surface area (Å²) < 4.78 is 18.0. The van der Waals surface area contributed by atoms with E-state index in [1.165, 1.54) is 23.2 Å². The van der Waals surface area contributed by atoms with Crippen LogP contribution in [0.1, 0.15) is 5.76 Å². The molecule has 1 N–H and O–H groups in total. The van der Waals surface area contributed by atoms with E-state index in [-0.39, 0.29) is 18.3 Å². The third-order valence-electron chi connectivity index (χ3n) is 2.88. The molecule has 0 aliphatic carbocycles. The van der Waals surface area contributed by atoms with Gasteiger partial charge in [0.2, 0.25) is 11.7 Å². The molecule has 3 aromatic rings. The molecule has 7 nitrogen and oxygen atoms in total. The summed E-state index contributed by atoms with van der Waals surface area (Å²) in [6.45, 7) is 0.236. The van der Waals surface area contributed by atoms with Crippen LogP contribution in [0.4, 0.5) is 4.39 Å². The van der Waals surface area contributed by atoms with Crippen molar-refractivity contribution in [1.29, 1.82) is 0 Å². The number of furan rings is 1. The number of hydrogen-bond acceptors (Lipinski definition) is 5. The molecule has 1 aromatic carbocycles. The molecule has 2 aromatic heterocycles. The molecule has 0 radical (unpaired) electrons. The Morgan fingerprint density at radius 2 is 2.09 bits per heavy atom. The topological polar surface area (TPSA) is 85.8 Å². The summed E-state index contributed by atoms with van der Waals surface area (Å²) in [6, 6.07) is 9.23. The maximum atomic E-state index is 12.9. The quantitative estimate of drug-likeness (QED) is 0.769. The molecule has 112 valence electrons. The molecule has 2 heterocycles. The second-order valence-electron chi connectivity index (χ2n) is 4.51. The first-order chi connectivity index (χ1) is 10.7. The average molecular weight is 301 g/mol. The zero-order chi connectivity index (χ0) is 15.4. The number of nitrogens with one attached hydrogen (secondary N) is 1. The summed E-state index contributed by atoms with van der Waals surface area (Å²) in [6.07, 6.45) is 1.54. The minimum atomic E-state index is -0.339. The second kappa shape index (κ2) is 6.17. The van der Waals surface area contributed by atoms with Crippen molar-refractivity contribution in [1.82, 2.24) is 25.5 Å². The van der Waals surface area contributed by atoms with Crippen molar-refractivity contribution < 1.29 is 13.6 Å². The molecule has 1 amide bonds. The third kappa shape index (κ3) is 3.35. The SMILES string of the molecule is O=C(Cn1nnc(-c2ccc(F)cc2)n1)NCc1ccco1. The molecule has 0 atom stereocenters. The largest absolute Gasteiger partial charge is 0.467 e. The number of rotatable bonds is 5. The zero-order valence-electron chi connectivity index (χ0n) is 11.4. The van der Waals surface area contributed by atoms with E-state index in [0.29, 0.717) is 23.7 Å². The van der Waals surface area contributed by atoms with Gasteiger partial charge in [-0.15, -0.1) is 10.2 Å². The molecule has 0 unspecified atom stereocenters. The third-order valence-corrected chi connectivity index (χ3v) is 2.88. The predicted octanol–water partition coefficient (Wildman–Crippen LogP) is 1.39. The smallest absolute Gasteiger partial charge is 0.244 e. The van der Waals surface area contributed by atoms with Crippen molar-refractivity contribution in [2.45, 2.75) is 13.1 Å². The van der Waals surface area contributed by atoms with E-state index < -0.39 is 0 Å². The lowest BCUT2D eigenvalue weighted by Gasteiger charge is -2.01. The maximum Gasteiger partial charge on any atom is 0.244 e. The van der Waals surface area contributed by atoms with Gasteiger partial charge in [0.05, 0.1) is 12.8 Å². The van der Waals surface area contributed by atoms with Gasteiger partial charge in [0.25, 0.3) is 0 Å². The van der Waals surface area contributed by atoms with E-state index in [9.17, 15) is 9.18 Å². The Balaban J connectivity index is 1.59. The summed E-state index contributed by atoms with van der Waals surface area (Å²) in [4.78, 5) is 12.9. The number of tetrazole rings is 1. The molecular weight excluding hydrogens is 289 g/mol. The summed E-state index contributed by atoms with van der Waals surface area (Å²) in [5.41, 5.74) is 0.628. The highest BCUT2D eigenvalue weighted by Gasteiger charge is 2.09.